The Hall–Kier alpha value is -0.300. The number of rotatable bonds is 2. The molecule has 0 aliphatic carbocycles. The number of hydrogen-bond acceptors (Lipinski definition) is 1. The molecule has 1 aliphatic rings. The van der Waals surface area contributed by atoms with E-state index in [1.165, 1.54) is 12.8 Å². The van der Waals surface area contributed by atoms with Crippen molar-refractivity contribution < 1.29 is 4.74 Å². The van der Waals surface area contributed by atoms with Crippen molar-refractivity contribution >= 4 is 0 Å². The normalized spacial score (nSPS) is 27.5. The zero-order valence-corrected chi connectivity index (χ0v) is 6.68. The van der Waals surface area contributed by atoms with E-state index in [0.717, 1.165) is 19.6 Å². The second-order valence-corrected chi connectivity index (χ2v) is 2.81. The van der Waals surface area contributed by atoms with Gasteiger partial charge in [-0.3, -0.25) is 0 Å². The van der Waals surface area contributed by atoms with Gasteiger partial charge in [0.2, 0.25) is 0 Å². The predicted molar refractivity (Wildman–Crippen MR) is 43.0 cm³/mol. The van der Waals surface area contributed by atoms with Gasteiger partial charge in [-0.15, -0.1) is 0 Å². The van der Waals surface area contributed by atoms with Gasteiger partial charge in [-0.2, -0.15) is 0 Å². The summed E-state index contributed by atoms with van der Waals surface area (Å²) in [7, 11) is 0. The molecular formula is C9H16O. The molecule has 0 N–H and O–H groups in total. The minimum Gasteiger partial charge on any atom is -0.381 e. The van der Waals surface area contributed by atoms with Crippen molar-refractivity contribution in [2.45, 2.75) is 26.2 Å². The minimum absolute atomic E-state index is 0.702. The summed E-state index contributed by atoms with van der Waals surface area (Å²) >= 11 is 0. The van der Waals surface area contributed by atoms with E-state index < -0.39 is 0 Å². The third-order valence-corrected chi connectivity index (χ3v) is 1.84. The summed E-state index contributed by atoms with van der Waals surface area (Å²) in [6, 6.07) is 0. The molecule has 1 fully saturated rings. The Labute approximate surface area is 63.1 Å². The molecule has 0 aromatic rings. The Kier molecular flexibility index (Phi) is 3.52. The summed E-state index contributed by atoms with van der Waals surface area (Å²) in [5, 5.41) is 0. The number of ether oxygens (including phenoxy) is 1. The zero-order valence-electron chi connectivity index (χ0n) is 6.68. The van der Waals surface area contributed by atoms with Crippen LogP contribution in [0, 0.1) is 5.92 Å². The molecule has 0 amide bonds. The highest BCUT2D eigenvalue weighted by Crippen LogP contribution is 2.14. The summed E-state index contributed by atoms with van der Waals surface area (Å²) in [6.07, 6.45) is 8.23. The summed E-state index contributed by atoms with van der Waals surface area (Å²) in [5.41, 5.74) is 0. The summed E-state index contributed by atoms with van der Waals surface area (Å²) < 4.78 is 5.33. The fraction of sp³-hybridized carbons (Fsp3) is 0.778. The maximum Gasteiger partial charge on any atom is 0.0528 e. The van der Waals surface area contributed by atoms with E-state index in [0.29, 0.717) is 5.92 Å². The van der Waals surface area contributed by atoms with Crippen LogP contribution in [0.4, 0.5) is 0 Å². The molecule has 1 heteroatoms. The first kappa shape index (κ1) is 7.80. The van der Waals surface area contributed by atoms with Crippen LogP contribution in [0.2, 0.25) is 0 Å². The maximum absolute atomic E-state index is 5.33. The first-order chi connectivity index (χ1) is 4.93. The highest BCUT2D eigenvalue weighted by molar-refractivity contribution is 4.88. The largest absolute Gasteiger partial charge is 0.381 e. The third-order valence-electron chi connectivity index (χ3n) is 1.84. The lowest BCUT2D eigenvalue weighted by Crippen LogP contribution is -2.14. The summed E-state index contributed by atoms with van der Waals surface area (Å²) in [4.78, 5) is 0. The standard InChI is InChI=1S/C9H16O/c1-2-3-5-9-6-4-7-10-8-9/h3,5,9H,2,4,6-8H2,1H3/b5-3-. The predicted octanol–water partition coefficient (Wildman–Crippen LogP) is 2.38. The van der Waals surface area contributed by atoms with Crippen LogP contribution in [0.15, 0.2) is 12.2 Å². The summed E-state index contributed by atoms with van der Waals surface area (Å²) in [5.74, 6) is 0.702. The first-order valence-corrected chi connectivity index (χ1v) is 4.18. The van der Waals surface area contributed by atoms with Gasteiger partial charge in [0.25, 0.3) is 0 Å². The Bertz CT molecular complexity index is 101. The van der Waals surface area contributed by atoms with Gasteiger partial charge < -0.3 is 4.74 Å². The Morgan fingerprint density at radius 1 is 1.60 bits per heavy atom. The fourth-order valence-electron chi connectivity index (χ4n) is 1.25. The zero-order chi connectivity index (χ0) is 7.23. The molecule has 0 spiro atoms. The van der Waals surface area contributed by atoms with Gasteiger partial charge >= 0.3 is 0 Å². The Morgan fingerprint density at radius 2 is 2.50 bits per heavy atom. The molecule has 0 aromatic heterocycles. The number of hydrogen-bond donors (Lipinski definition) is 0. The van der Waals surface area contributed by atoms with E-state index in [-0.39, 0.29) is 0 Å². The summed E-state index contributed by atoms with van der Waals surface area (Å²) in [6.45, 7) is 4.08. The Morgan fingerprint density at radius 3 is 3.10 bits per heavy atom. The van der Waals surface area contributed by atoms with Crippen LogP contribution in [0.5, 0.6) is 0 Å². The van der Waals surface area contributed by atoms with Gasteiger partial charge in [0.1, 0.15) is 0 Å². The second-order valence-electron chi connectivity index (χ2n) is 2.81. The smallest absolute Gasteiger partial charge is 0.0528 e. The van der Waals surface area contributed by atoms with E-state index in [2.05, 4.69) is 19.1 Å². The van der Waals surface area contributed by atoms with Crippen LogP contribution in [0.3, 0.4) is 0 Å². The molecule has 0 bridgehead atoms. The van der Waals surface area contributed by atoms with Crippen molar-refractivity contribution in [1.82, 2.24) is 0 Å². The SMILES string of the molecule is CC/C=C\C1CCCOC1. The average Bonchev–Trinajstić information content (AvgIpc) is 2.03. The van der Waals surface area contributed by atoms with Gasteiger partial charge in [-0.25, -0.2) is 0 Å². The molecule has 10 heavy (non-hydrogen) atoms. The van der Waals surface area contributed by atoms with Crippen molar-refractivity contribution in [1.29, 1.82) is 0 Å². The van der Waals surface area contributed by atoms with E-state index >= 15 is 0 Å². The average molecular weight is 140 g/mol. The minimum atomic E-state index is 0.702. The van der Waals surface area contributed by atoms with Crippen LogP contribution < -0.4 is 0 Å². The van der Waals surface area contributed by atoms with Crippen molar-refractivity contribution in [3.05, 3.63) is 12.2 Å². The van der Waals surface area contributed by atoms with E-state index in [4.69, 9.17) is 4.74 Å². The van der Waals surface area contributed by atoms with Gasteiger partial charge in [0, 0.05) is 12.5 Å². The van der Waals surface area contributed by atoms with Crippen LogP contribution in [-0.4, -0.2) is 13.2 Å². The number of allylic oxidation sites excluding steroid dienone is 1. The van der Waals surface area contributed by atoms with Gasteiger partial charge in [-0.05, 0) is 19.3 Å². The lowest BCUT2D eigenvalue weighted by molar-refractivity contribution is 0.0709. The van der Waals surface area contributed by atoms with Crippen LogP contribution >= 0.6 is 0 Å². The highest BCUT2D eigenvalue weighted by Gasteiger charge is 2.09. The maximum atomic E-state index is 5.33. The molecule has 1 aliphatic heterocycles. The second kappa shape index (κ2) is 4.51. The lowest BCUT2D eigenvalue weighted by Gasteiger charge is -2.18. The van der Waals surface area contributed by atoms with E-state index in [9.17, 15) is 0 Å². The molecule has 1 heterocycles. The molecule has 0 radical (unpaired) electrons. The topological polar surface area (TPSA) is 9.23 Å². The molecule has 1 rings (SSSR count). The van der Waals surface area contributed by atoms with Gasteiger partial charge in [0.15, 0.2) is 0 Å². The van der Waals surface area contributed by atoms with Gasteiger partial charge in [0.05, 0.1) is 6.61 Å². The third kappa shape index (κ3) is 2.53. The van der Waals surface area contributed by atoms with Crippen molar-refractivity contribution in [3.63, 3.8) is 0 Å². The molecule has 0 saturated carbocycles. The van der Waals surface area contributed by atoms with Crippen molar-refractivity contribution in [2.75, 3.05) is 13.2 Å². The molecule has 58 valence electrons. The van der Waals surface area contributed by atoms with E-state index in [1.54, 1.807) is 0 Å². The van der Waals surface area contributed by atoms with Crippen LogP contribution in [0.1, 0.15) is 26.2 Å². The van der Waals surface area contributed by atoms with Crippen LogP contribution in [0.25, 0.3) is 0 Å². The molecular weight excluding hydrogens is 124 g/mol. The molecule has 1 unspecified atom stereocenters. The molecule has 0 aromatic carbocycles. The molecule has 1 atom stereocenters. The van der Waals surface area contributed by atoms with Crippen LogP contribution in [-0.2, 0) is 4.74 Å². The van der Waals surface area contributed by atoms with Crippen molar-refractivity contribution in [3.8, 4) is 0 Å². The van der Waals surface area contributed by atoms with Crippen molar-refractivity contribution in [2.24, 2.45) is 5.92 Å². The fourth-order valence-corrected chi connectivity index (χ4v) is 1.25. The van der Waals surface area contributed by atoms with Gasteiger partial charge in [-0.1, -0.05) is 19.1 Å². The highest BCUT2D eigenvalue weighted by atomic mass is 16.5. The Balaban J connectivity index is 2.19. The van der Waals surface area contributed by atoms with E-state index in [1.807, 2.05) is 0 Å². The molecule has 1 nitrogen and oxygen atoms in total. The first-order valence-electron chi connectivity index (χ1n) is 4.18. The quantitative estimate of drug-likeness (QED) is 0.535. The lowest BCUT2D eigenvalue weighted by atomic mass is 10.0. The molecule has 1 saturated heterocycles. The monoisotopic (exact) mass is 140 g/mol.